The van der Waals surface area contributed by atoms with Gasteiger partial charge in [-0.25, -0.2) is 0 Å². The molecule has 5 nitrogen and oxygen atoms in total. The molecule has 0 fully saturated rings. The standard InChI is InChI=1S/C50H29N5/c51-30-32-20-24-42-40-14-3-7-18-46(40)54(49(42)26-32)36-11-9-10-33(27-36)34-21-22-35(31-52)48(28-34)55-47-19-8-4-15-41(47)43-25-23-37(29-50(43)55)53-44-16-5-1-12-38(44)39-13-2-6-17-45(39)53/h1-29H. The van der Waals surface area contributed by atoms with Gasteiger partial charge in [0.15, 0.2) is 0 Å². The van der Waals surface area contributed by atoms with Crippen LogP contribution in [0, 0.1) is 22.7 Å². The normalized spacial score (nSPS) is 11.6. The largest absolute Gasteiger partial charge is 0.309 e. The van der Waals surface area contributed by atoms with Crippen LogP contribution in [-0.2, 0) is 0 Å². The number of hydrogen-bond donors (Lipinski definition) is 0. The third-order valence-corrected chi connectivity index (χ3v) is 11.1. The Hall–Kier alpha value is -7.86. The molecule has 11 aromatic rings. The van der Waals surface area contributed by atoms with Gasteiger partial charge in [-0.15, -0.1) is 0 Å². The SMILES string of the molecule is N#Cc1ccc2c3ccccc3n(-c3cccc(-c4ccc(C#N)c(-n5c6ccccc6c6ccc(-n7c8ccccc8c8ccccc87)cc65)c4)c3)c2c1. The van der Waals surface area contributed by atoms with Crippen LogP contribution in [-0.4, -0.2) is 13.7 Å². The first-order valence-corrected chi connectivity index (χ1v) is 18.3. The zero-order valence-corrected chi connectivity index (χ0v) is 29.5. The zero-order chi connectivity index (χ0) is 36.6. The lowest BCUT2D eigenvalue weighted by Crippen LogP contribution is -2.00. The topological polar surface area (TPSA) is 62.4 Å². The first-order chi connectivity index (χ1) is 27.2. The van der Waals surface area contributed by atoms with E-state index in [0.29, 0.717) is 11.1 Å². The van der Waals surface area contributed by atoms with Crippen LogP contribution in [0.3, 0.4) is 0 Å². The van der Waals surface area contributed by atoms with Gasteiger partial charge in [-0.3, -0.25) is 0 Å². The average Bonchev–Trinajstić information content (AvgIpc) is 3.88. The van der Waals surface area contributed by atoms with Gasteiger partial charge in [0.2, 0.25) is 0 Å². The van der Waals surface area contributed by atoms with Gasteiger partial charge in [0.1, 0.15) is 6.07 Å². The predicted octanol–water partition coefficient (Wildman–Crippen LogP) is 12.4. The molecule has 55 heavy (non-hydrogen) atoms. The number of fused-ring (bicyclic) bond motifs is 9. The number of aromatic nitrogens is 3. The van der Waals surface area contributed by atoms with Crippen LogP contribution in [0.1, 0.15) is 11.1 Å². The fourth-order valence-electron chi connectivity index (χ4n) is 8.69. The number of hydrogen-bond acceptors (Lipinski definition) is 2. The van der Waals surface area contributed by atoms with Crippen molar-refractivity contribution in [1.82, 2.24) is 13.7 Å². The Labute approximate surface area is 316 Å². The molecule has 0 amide bonds. The van der Waals surface area contributed by atoms with Crippen LogP contribution in [0.15, 0.2) is 176 Å². The Balaban J connectivity index is 1.13. The molecule has 0 saturated heterocycles. The minimum absolute atomic E-state index is 0.594. The van der Waals surface area contributed by atoms with E-state index in [0.717, 1.165) is 82.8 Å². The lowest BCUT2D eigenvalue weighted by molar-refractivity contribution is 1.15. The minimum Gasteiger partial charge on any atom is -0.309 e. The highest BCUT2D eigenvalue weighted by atomic mass is 15.0. The third-order valence-electron chi connectivity index (χ3n) is 11.1. The quantitative estimate of drug-likeness (QED) is 0.184. The molecule has 0 radical (unpaired) electrons. The summed E-state index contributed by atoms with van der Waals surface area (Å²) < 4.78 is 6.83. The van der Waals surface area contributed by atoms with Crippen LogP contribution in [0.5, 0.6) is 0 Å². The first-order valence-electron chi connectivity index (χ1n) is 18.3. The number of nitriles is 2. The summed E-state index contributed by atoms with van der Waals surface area (Å²) in [5.41, 5.74) is 12.6. The molecule has 0 aliphatic carbocycles. The Morgan fingerprint density at radius 3 is 1.42 bits per heavy atom. The van der Waals surface area contributed by atoms with Gasteiger partial charge in [-0.05, 0) is 83.9 Å². The third kappa shape index (κ3) is 4.51. The molecule has 11 rings (SSSR count). The highest BCUT2D eigenvalue weighted by molar-refractivity contribution is 6.12. The Bertz CT molecular complexity index is 3420. The Morgan fingerprint density at radius 2 is 0.818 bits per heavy atom. The summed E-state index contributed by atoms with van der Waals surface area (Å²) in [5.74, 6) is 0. The molecule has 0 unspecified atom stereocenters. The van der Waals surface area contributed by atoms with Crippen LogP contribution < -0.4 is 0 Å². The monoisotopic (exact) mass is 699 g/mol. The average molecular weight is 700 g/mol. The van der Waals surface area contributed by atoms with E-state index in [1.54, 1.807) is 0 Å². The molecule has 8 aromatic carbocycles. The molecule has 0 atom stereocenters. The van der Waals surface area contributed by atoms with Crippen LogP contribution >= 0.6 is 0 Å². The van der Waals surface area contributed by atoms with Gasteiger partial charge in [0, 0.05) is 43.7 Å². The second-order valence-corrected chi connectivity index (χ2v) is 14.0. The molecular formula is C50H29N5. The molecule has 0 aliphatic rings. The predicted molar refractivity (Wildman–Crippen MR) is 224 cm³/mol. The zero-order valence-electron chi connectivity index (χ0n) is 29.5. The molecular weight excluding hydrogens is 671 g/mol. The van der Waals surface area contributed by atoms with E-state index in [1.807, 2.05) is 30.3 Å². The fraction of sp³-hybridized carbons (Fsp3) is 0. The van der Waals surface area contributed by atoms with Crippen molar-refractivity contribution < 1.29 is 0 Å². The minimum atomic E-state index is 0.594. The number of rotatable bonds is 4. The maximum atomic E-state index is 10.6. The fourth-order valence-corrected chi connectivity index (χ4v) is 8.69. The van der Waals surface area contributed by atoms with Crippen molar-refractivity contribution in [2.45, 2.75) is 0 Å². The van der Waals surface area contributed by atoms with Crippen LogP contribution in [0.2, 0.25) is 0 Å². The summed E-state index contributed by atoms with van der Waals surface area (Å²) in [4.78, 5) is 0. The van der Waals surface area contributed by atoms with Crippen LogP contribution in [0.25, 0.3) is 93.6 Å². The summed E-state index contributed by atoms with van der Waals surface area (Å²) in [6, 6.07) is 66.0. The maximum Gasteiger partial charge on any atom is 0.101 e. The number of nitrogens with zero attached hydrogens (tertiary/aromatic N) is 5. The van der Waals surface area contributed by atoms with Gasteiger partial charge in [0.25, 0.3) is 0 Å². The number of para-hydroxylation sites is 4. The molecule has 5 heteroatoms. The molecule has 0 saturated carbocycles. The van der Waals surface area contributed by atoms with Crippen molar-refractivity contribution in [3.05, 3.63) is 187 Å². The summed E-state index contributed by atoms with van der Waals surface area (Å²) in [6.07, 6.45) is 0. The Morgan fingerprint density at radius 1 is 0.327 bits per heavy atom. The summed E-state index contributed by atoms with van der Waals surface area (Å²) in [5, 5.41) is 27.3. The van der Waals surface area contributed by atoms with E-state index < -0.39 is 0 Å². The molecule has 3 heterocycles. The van der Waals surface area contributed by atoms with Crippen molar-refractivity contribution >= 4 is 65.4 Å². The van der Waals surface area contributed by atoms with Gasteiger partial charge < -0.3 is 13.7 Å². The van der Waals surface area contributed by atoms with Gasteiger partial charge >= 0.3 is 0 Å². The lowest BCUT2D eigenvalue weighted by Gasteiger charge is -2.15. The first kappa shape index (κ1) is 30.7. The lowest BCUT2D eigenvalue weighted by atomic mass is 10.0. The van der Waals surface area contributed by atoms with E-state index >= 15 is 0 Å². The maximum absolute atomic E-state index is 10.6. The van der Waals surface area contributed by atoms with Crippen LogP contribution in [0.4, 0.5) is 0 Å². The second kappa shape index (κ2) is 11.8. The summed E-state index contributed by atoms with van der Waals surface area (Å²) >= 11 is 0. The molecule has 0 bridgehead atoms. The van der Waals surface area contributed by atoms with Crippen molar-refractivity contribution in [1.29, 1.82) is 10.5 Å². The van der Waals surface area contributed by atoms with Crippen molar-refractivity contribution in [2.75, 3.05) is 0 Å². The van der Waals surface area contributed by atoms with Gasteiger partial charge in [0.05, 0.1) is 56.0 Å². The second-order valence-electron chi connectivity index (χ2n) is 14.0. The molecule has 0 aliphatic heterocycles. The molecule has 0 N–H and O–H groups in total. The number of benzene rings is 8. The van der Waals surface area contributed by atoms with Gasteiger partial charge in [-0.1, -0.05) is 103 Å². The van der Waals surface area contributed by atoms with E-state index in [2.05, 4.69) is 171 Å². The summed E-state index contributed by atoms with van der Waals surface area (Å²) in [7, 11) is 0. The van der Waals surface area contributed by atoms with E-state index in [-0.39, 0.29) is 0 Å². The molecule has 3 aromatic heterocycles. The van der Waals surface area contributed by atoms with Crippen molar-refractivity contribution in [3.63, 3.8) is 0 Å². The van der Waals surface area contributed by atoms with Gasteiger partial charge in [-0.2, -0.15) is 10.5 Å². The molecule has 0 spiro atoms. The summed E-state index contributed by atoms with van der Waals surface area (Å²) in [6.45, 7) is 0. The smallest absolute Gasteiger partial charge is 0.101 e. The highest BCUT2D eigenvalue weighted by Crippen LogP contribution is 2.39. The van der Waals surface area contributed by atoms with Crippen molar-refractivity contribution in [3.8, 4) is 40.3 Å². The highest BCUT2D eigenvalue weighted by Gasteiger charge is 2.19. The van der Waals surface area contributed by atoms with Crippen molar-refractivity contribution in [2.24, 2.45) is 0 Å². The Kier molecular flexibility index (Phi) is 6.61. The molecule has 254 valence electrons. The van der Waals surface area contributed by atoms with E-state index in [4.69, 9.17) is 0 Å². The van der Waals surface area contributed by atoms with E-state index in [1.165, 1.54) is 10.8 Å². The van der Waals surface area contributed by atoms with E-state index in [9.17, 15) is 10.5 Å².